The van der Waals surface area contributed by atoms with Crippen LogP contribution in [0.15, 0.2) is 78.9 Å². The second-order valence-corrected chi connectivity index (χ2v) is 5.49. The van der Waals surface area contributed by atoms with E-state index < -0.39 is 0 Å². The summed E-state index contributed by atoms with van der Waals surface area (Å²) in [7, 11) is 0. The largest absolute Gasteiger partial charge is 0.488 e. The van der Waals surface area contributed by atoms with Crippen LogP contribution in [0.1, 0.15) is 16.7 Å². The highest BCUT2D eigenvalue weighted by Gasteiger charge is 2.06. The van der Waals surface area contributed by atoms with E-state index in [-0.39, 0.29) is 5.82 Å². The summed E-state index contributed by atoms with van der Waals surface area (Å²) in [6.07, 6.45) is 1.76. The molecule has 0 heterocycles. The first-order valence-electron chi connectivity index (χ1n) is 7.90. The molecule has 0 atom stereocenters. The highest BCUT2D eigenvalue weighted by Crippen LogP contribution is 2.25. The number of hydrogen-bond acceptors (Lipinski definition) is 2. The molecule has 0 aliphatic carbocycles. The molecular weight excluding hydrogens is 313 g/mol. The van der Waals surface area contributed by atoms with Gasteiger partial charge in [-0.25, -0.2) is 4.39 Å². The molecule has 3 aromatic rings. The molecule has 0 unspecified atom stereocenters. The van der Waals surface area contributed by atoms with Gasteiger partial charge >= 0.3 is 0 Å². The Balaban J connectivity index is 1.86. The molecule has 0 saturated carbocycles. The Bertz CT molecular complexity index is 909. The highest BCUT2D eigenvalue weighted by molar-refractivity contribution is 5.90. The quantitative estimate of drug-likeness (QED) is 0.459. The molecule has 0 amide bonds. The maximum atomic E-state index is 13.1. The molecule has 3 heteroatoms. The SMILES string of the molecule is N#CC(=Cc1ccccc1OCc1ccccc1)c1ccc(F)cc1. The van der Waals surface area contributed by atoms with Gasteiger partial charge in [0.25, 0.3) is 0 Å². The van der Waals surface area contributed by atoms with E-state index in [1.54, 1.807) is 18.2 Å². The Hall–Kier alpha value is -3.38. The van der Waals surface area contributed by atoms with Gasteiger partial charge in [0, 0.05) is 5.56 Å². The van der Waals surface area contributed by atoms with Crippen molar-refractivity contribution in [2.24, 2.45) is 0 Å². The van der Waals surface area contributed by atoms with Gasteiger partial charge in [0.15, 0.2) is 0 Å². The summed E-state index contributed by atoms with van der Waals surface area (Å²) in [6.45, 7) is 0.449. The van der Waals surface area contributed by atoms with Gasteiger partial charge in [-0.3, -0.25) is 0 Å². The molecule has 0 fully saturated rings. The predicted octanol–water partition coefficient (Wildman–Crippen LogP) is 5.47. The molecule has 0 aliphatic heterocycles. The minimum Gasteiger partial charge on any atom is -0.488 e. The second kappa shape index (κ2) is 7.94. The molecule has 25 heavy (non-hydrogen) atoms. The van der Waals surface area contributed by atoms with Crippen molar-refractivity contribution in [3.63, 3.8) is 0 Å². The van der Waals surface area contributed by atoms with Crippen LogP contribution in [-0.2, 0) is 6.61 Å². The lowest BCUT2D eigenvalue weighted by atomic mass is 10.0. The molecule has 3 rings (SSSR count). The molecule has 0 radical (unpaired) electrons. The van der Waals surface area contributed by atoms with Crippen LogP contribution in [-0.4, -0.2) is 0 Å². The predicted molar refractivity (Wildman–Crippen MR) is 97.1 cm³/mol. The smallest absolute Gasteiger partial charge is 0.127 e. The first kappa shape index (κ1) is 16.5. The van der Waals surface area contributed by atoms with Crippen molar-refractivity contribution < 1.29 is 9.13 Å². The number of rotatable bonds is 5. The summed E-state index contributed by atoms with van der Waals surface area (Å²) in [6, 6.07) is 25.5. The zero-order chi connectivity index (χ0) is 17.5. The van der Waals surface area contributed by atoms with Crippen molar-refractivity contribution in [2.75, 3.05) is 0 Å². The van der Waals surface area contributed by atoms with Gasteiger partial charge < -0.3 is 4.74 Å². The fraction of sp³-hybridized carbons (Fsp3) is 0.0455. The molecule has 122 valence electrons. The normalized spacial score (nSPS) is 11.0. The Morgan fingerprint density at radius 3 is 2.32 bits per heavy atom. The van der Waals surface area contributed by atoms with Crippen LogP contribution in [0, 0.1) is 17.1 Å². The van der Waals surface area contributed by atoms with Crippen molar-refractivity contribution in [1.82, 2.24) is 0 Å². The van der Waals surface area contributed by atoms with Crippen molar-refractivity contribution in [2.45, 2.75) is 6.61 Å². The maximum absolute atomic E-state index is 13.1. The van der Waals surface area contributed by atoms with Gasteiger partial charge in [-0.1, -0.05) is 60.7 Å². The first-order chi connectivity index (χ1) is 12.3. The summed E-state index contributed by atoms with van der Waals surface area (Å²) >= 11 is 0. The van der Waals surface area contributed by atoms with Crippen LogP contribution in [0.4, 0.5) is 4.39 Å². The van der Waals surface area contributed by atoms with Crippen LogP contribution in [0.3, 0.4) is 0 Å². The average Bonchev–Trinajstić information content (AvgIpc) is 2.67. The van der Waals surface area contributed by atoms with E-state index >= 15 is 0 Å². The molecule has 0 aliphatic rings. The maximum Gasteiger partial charge on any atom is 0.127 e. The lowest BCUT2D eigenvalue weighted by Gasteiger charge is -2.10. The van der Waals surface area contributed by atoms with Crippen LogP contribution >= 0.6 is 0 Å². The van der Waals surface area contributed by atoms with E-state index in [0.717, 1.165) is 11.1 Å². The molecule has 0 spiro atoms. The second-order valence-electron chi connectivity index (χ2n) is 5.49. The van der Waals surface area contributed by atoms with Crippen molar-refractivity contribution in [1.29, 1.82) is 5.26 Å². The van der Waals surface area contributed by atoms with Gasteiger partial charge in [-0.15, -0.1) is 0 Å². The fourth-order valence-electron chi connectivity index (χ4n) is 2.43. The first-order valence-corrected chi connectivity index (χ1v) is 7.90. The Labute approximate surface area is 146 Å². The van der Waals surface area contributed by atoms with Gasteiger partial charge in [-0.05, 0) is 35.4 Å². The molecule has 3 aromatic carbocycles. The summed E-state index contributed by atoms with van der Waals surface area (Å²) in [4.78, 5) is 0. The van der Waals surface area contributed by atoms with E-state index in [9.17, 15) is 9.65 Å². The van der Waals surface area contributed by atoms with Crippen LogP contribution in [0.5, 0.6) is 5.75 Å². The number of nitriles is 1. The molecule has 0 aromatic heterocycles. The highest BCUT2D eigenvalue weighted by atomic mass is 19.1. The van der Waals surface area contributed by atoms with Crippen LogP contribution in [0.2, 0.25) is 0 Å². The topological polar surface area (TPSA) is 33.0 Å². The fourth-order valence-corrected chi connectivity index (χ4v) is 2.43. The van der Waals surface area contributed by atoms with E-state index in [1.807, 2.05) is 54.6 Å². The van der Waals surface area contributed by atoms with E-state index in [0.29, 0.717) is 23.5 Å². The summed E-state index contributed by atoms with van der Waals surface area (Å²) in [5.74, 6) is 0.369. The van der Waals surface area contributed by atoms with E-state index in [4.69, 9.17) is 4.74 Å². The Morgan fingerprint density at radius 1 is 0.920 bits per heavy atom. The number of hydrogen-bond donors (Lipinski definition) is 0. The average molecular weight is 329 g/mol. The van der Waals surface area contributed by atoms with Crippen molar-refractivity contribution in [3.8, 4) is 11.8 Å². The molecule has 0 saturated heterocycles. The Morgan fingerprint density at radius 2 is 1.60 bits per heavy atom. The number of ether oxygens (including phenoxy) is 1. The van der Waals surface area contributed by atoms with Crippen LogP contribution in [0.25, 0.3) is 11.6 Å². The Kier molecular flexibility index (Phi) is 5.23. The lowest BCUT2D eigenvalue weighted by Crippen LogP contribution is -1.96. The van der Waals surface area contributed by atoms with Crippen molar-refractivity contribution >= 4 is 11.6 Å². The minimum absolute atomic E-state index is 0.326. The zero-order valence-corrected chi connectivity index (χ0v) is 13.5. The zero-order valence-electron chi connectivity index (χ0n) is 13.5. The molecule has 0 N–H and O–H groups in total. The third-order valence-corrected chi connectivity index (χ3v) is 3.73. The lowest BCUT2D eigenvalue weighted by molar-refractivity contribution is 0.305. The monoisotopic (exact) mass is 329 g/mol. The van der Waals surface area contributed by atoms with Crippen molar-refractivity contribution in [3.05, 3.63) is 101 Å². The molecular formula is C22H16FNO. The summed E-state index contributed by atoms with van der Waals surface area (Å²) < 4.78 is 19.0. The van der Waals surface area contributed by atoms with E-state index in [2.05, 4.69) is 6.07 Å². The number of nitrogens with zero attached hydrogens (tertiary/aromatic N) is 1. The third kappa shape index (κ3) is 4.33. The van der Waals surface area contributed by atoms with Gasteiger partial charge in [0.2, 0.25) is 0 Å². The number of benzene rings is 3. The summed E-state index contributed by atoms with van der Waals surface area (Å²) in [5.41, 5.74) is 3.00. The standard InChI is InChI=1S/C22H16FNO/c23-21-12-10-18(11-13-21)20(15-24)14-19-8-4-5-9-22(19)25-16-17-6-2-1-3-7-17/h1-14H,16H2. The summed E-state index contributed by atoms with van der Waals surface area (Å²) in [5, 5.41) is 9.46. The van der Waals surface area contributed by atoms with E-state index in [1.165, 1.54) is 12.1 Å². The molecule has 0 bridgehead atoms. The number of allylic oxidation sites excluding steroid dienone is 1. The van der Waals surface area contributed by atoms with Gasteiger partial charge in [0.1, 0.15) is 18.2 Å². The number of halogens is 1. The number of para-hydroxylation sites is 1. The minimum atomic E-state index is -0.326. The van der Waals surface area contributed by atoms with Gasteiger partial charge in [-0.2, -0.15) is 5.26 Å². The third-order valence-electron chi connectivity index (χ3n) is 3.73. The van der Waals surface area contributed by atoms with Crippen LogP contribution < -0.4 is 4.74 Å². The van der Waals surface area contributed by atoms with Gasteiger partial charge in [0.05, 0.1) is 11.6 Å². The molecule has 2 nitrogen and oxygen atoms in total.